The molecule has 0 bridgehead atoms. The van der Waals surface area contributed by atoms with Gasteiger partial charge < -0.3 is 8.40 Å². The highest BCUT2D eigenvalue weighted by Crippen LogP contribution is 2.16. The number of nitrogens with zero attached hydrogens (tertiary/aromatic N) is 3. The van der Waals surface area contributed by atoms with Crippen LogP contribution in [0.2, 0.25) is 0 Å². The lowest BCUT2D eigenvalue weighted by Crippen LogP contribution is -2.05. The number of hydrogen-bond acceptors (Lipinski definition) is 5. The predicted octanol–water partition coefficient (Wildman–Crippen LogP) is -1.03. The van der Waals surface area contributed by atoms with Gasteiger partial charge in [0.2, 0.25) is 5.69 Å². The summed E-state index contributed by atoms with van der Waals surface area (Å²) in [5, 5.41) is 14.1. The predicted molar refractivity (Wildman–Crippen MR) is 44.2 cm³/mol. The van der Waals surface area contributed by atoms with Crippen LogP contribution in [0.25, 0.3) is 0 Å². The summed E-state index contributed by atoms with van der Waals surface area (Å²) in [6.45, 7) is 0. The molecule has 7 nitrogen and oxygen atoms in total. The van der Waals surface area contributed by atoms with E-state index in [1.165, 1.54) is 9.86 Å². The number of carbonyl (C=O) groups is 1. The largest absolute Gasteiger partial charge is 0.464 e. The van der Waals surface area contributed by atoms with Gasteiger partial charge in [0.05, 0.1) is 18.2 Å². The molecule has 0 aliphatic rings. The topological polar surface area (TPSA) is 87.3 Å². The number of ether oxygens (including phenoxy) is 1. The van der Waals surface area contributed by atoms with Gasteiger partial charge in [-0.05, 0) is 0 Å². The zero-order valence-electron chi connectivity index (χ0n) is 7.05. The summed E-state index contributed by atoms with van der Waals surface area (Å²) in [6, 6.07) is 0. The van der Waals surface area contributed by atoms with Crippen molar-refractivity contribution < 1.29 is 14.5 Å². The third-order valence-electron chi connectivity index (χ3n) is 1.38. The molecule has 0 aromatic carbocycles. The van der Waals surface area contributed by atoms with E-state index < -0.39 is 10.9 Å². The SMILES string of the molecule is COC(=O)c1n[n]([AlH2])cc1[N+](=O)[O-]. The van der Waals surface area contributed by atoms with E-state index in [-0.39, 0.29) is 11.4 Å². The molecule has 0 saturated heterocycles. The maximum atomic E-state index is 11.0. The number of carbonyl (C=O) groups excluding carboxylic acids is 1. The molecule has 1 aromatic rings. The highest BCUT2D eigenvalue weighted by Gasteiger charge is 2.24. The lowest BCUT2D eigenvalue weighted by atomic mass is 10.4. The van der Waals surface area contributed by atoms with Crippen molar-refractivity contribution in [2.45, 2.75) is 0 Å². The highest BCUT2D eigenvalue weighted by molar-refractivity contribution is 6.06. The number of hydrogen-bond donors (Lipinski definition) is 0. The molecule has 0 spiro atoms. The van der Waals surface area contributed by atoms with E-state index in [0.717, 1.165) is 7.11 Å². The Kier molecular flexibility index (Phi) is 2.65. The molecule has 0 fully saturated rings. The molecular formula is C5H6AlN3O4. The van der Waals surface area contributed by atoms with Crippen molar-refractivity contribution in [1.29, 1.82) is 0 Å². The fourth-order valence-corrected chi connectivity index (χ4v) is 1.30. The standard InChI is InChI=1S/C5H5N3O4.Al.2H/c1-12-5(9)4-3(8(10)11)2-6-7-4;;;/h2H,1H3,(H,6,7,9);;;/q;+1;;/p-1. The van der Waals surface area contributed by atoms with E-state index >= 15 is 0 Å². The van der Waals surface area contributed by atoms with Crippen LogP contribution >= 0.6 is 0 Å². The summed E-state index contributed by atoms with van der Waals surface area (Å²) in [7, 11) is 1.15. The van der Waals surface area contributed by atoms with Crippen molar-refractivity contribution in [3.8, 4) is 0 Å². The Balaban J connectivity index is 3.19. The molecule has 0 N–H and O–H groups in total. The molecule has 68 valence electrons. The Morgan fingerprint density at radius 2 is 2.46 bits per heavy atom. The van der Waals surface area contributed by atoms with Gasteiger partial charge in [0.15, 0.2) is 0 Å². The smallest absolute Gasteiger partial charge is 0.398 e. The second-order valence-corrected chi connectivity index (χ2v) is 3.20. The first-order chi connectivity index (χ1) is 6.06. The fraction of sp³-hybridized carbons (Fsp3) is 0.200. The molecule has 0 amide bonds. The molecule has 0 unspecified atom stereocenters. The molecule has 0 aliphatic carbocycles. The minimum absolute atomic E-state index is 0.248. The minimum Gasteiger partial charge on any atom is -0.464 e. The normalized spacial score (nSPS) is 9.62. The summed E-state index contributed by atoms with van der Waals surface area (Å²) in [6.07, 6.45) is 1.21. The Bertz CT molecular complexity index is 361. The molecular weight excluding hydrogens is 193 g/mol. The average Bonchev–Trinajstić information content (AvgIpc) is 2.46. The summed E-state index contributed by atoms with van der Waals surface area (Å²) in [5.41, 5.74) is -0.565. The van der Waals surface area contributed by atoms with Crippen LogP contribution in [0, 0.1) is 10.1 Å². The molecule has 8 heteroatoms. The quantitative estimate of drug-likeness (QED) is 0.263. The monoisotopic (exact) mass is 199 g/mol. The second kappa shape index (κ2) is 3.55. The zero-order valence-corrected chi connectivity index (χ0v) is 9.05. The lowest BCUT2D eigenvalue weighted by molar-refractivity contribution is -0.385. The van der Waals surface area contributed by atoms with Crippen LogP contribution in [0.4, 0.5) is 5.69 Å². The minimum atomic E-state index is -0.790. The van der Waals surface area contributed by atoms with Crippen LogP contribution in [0.5, 0.6) is 0 Å². The summed E-state index contributed by atoms with van der Waals surface area (Å²) >= 11 is 0.481. The van der Waals surface area contributed by atoms with Gasteiger partial charge in [-0.15, -0.1) is 0 Å². The van der Waals surface area contributed by atoms with Crippen LogP contribution in [0.1, 0.15) is 10.5 Å². The Morgan fingerprint density at radius 1 is 1.85 bits per heavy atom. The van der Waals surface area contributed by atoms with Crippen molar-refractivity contribution in [1.82, 2.24) is 8.76 Å². The maximum Gasteiger partial charge on any atom is 0.398 e. The Hall–Kier alpha value is -1.39. The number of methoxy groups -OCH3 is 1. The van der Waals surface area contributed by atoms with Crippen LogP contribution < -0.4 is 0 Å². The van der Waals surface area contributed by atoms with E-state index in [1.807, 2.05) is 0 Å². The molecule has 0 saturated carbocycles. The molecule has 1 rings (SSSR count). The first kappa shape index (κ1) is 9.70. The van der Waals surface area contributed by atoms with E-state index in [1.54, 1.807) is 0 Å². The van der Waals surface area contributed by atoms with Gasteiger partial charge in [-0.25, -0.2) is 4.79 Å². The van der Waals surface area contributed by atoms with Gasteiger partial charge in [-0.3, -0.25) is 10.1 Å². The first-order valence-electron chi connectivity index (χ1n) is 3.32. The van der Waals surface area contributed by atoms with E-state index in [0.29, 0.717) is 16.5 Å². The number of aromatic nitrogens is 2. The van der Waals surface area contributed by atoms with Crippen molar-refractivity contribution in [3.05, 3.63) is 22.0 Å². The van der Waals surface area contributed by atoms with Gasteiger partial charge in [0.25, 0.3) is 0 Å². The van der Waals surface area contributed by atoms with Crippen LogP contribution in [0.15, 0.2) is 6.20 Å². The van der Waals surface area contributed by atoms with Gasteiger partial charge in [-0.1, -0.05) is 0 Å². The molecule has 1 aromatic heterocycles. The van der Waals surface area contributed by atoms with Crippen molar-refractivity contribution in [3.63, 3.8) is 0 Å². The third-order valence-corrected chi connectivity index (χ3v) is 1.84. The Morgan fingerprint density at radius 3 is 2.92 bits per heavy atom. The van der Waals surface area contributed by atoms with Crippen LogP contribution in [-0.4, -0.2) is 43.3 Å². The van der Waals surface area contributed by atoms with Crippen molar-refractivity contribution in [2.75, 3.05) is 7.11 Å². The molecule has 0 aliphatic heterocycles. The fourth-order valence-electron chi connectivity index (χ4n) is 0.852. The summed E-state index contributed by atoms with van der Waals surface area (Å²) < 4.78 is 5.66. The van der Waals surface area contributed by atoms with Gasteiger partial charge in [0.1, 0.15) is 0 Å². The lowest BCUT2D eigenvalue weighted by Gasteiger charge is -1.92. The summed E-state index contributed by atoms with van der Waals surface area (Å²) in [4.78, 5) is 20.7. The Labute approximate surface area is 81.1 Å². The van der Waals surface area contributed by atoms with E-state index in [2.05, 4.69) is 9.84 Å². The highest BCUT2D eigenvalue weighted by atomic mass is 27.1. The average molecular weight is 199 g/mol. The molecule has 0 atom stereocenters. The number of rotatable bonds is 2. The first-order valence-corrected chi connectivity index (χ1v) is 4.22. The van der Waals surface area contributed by atoms with Crippen molar-refractivity contribution >= 4 is 28.2 Å². The zero-order chi connectivity index (χ0) is 10.0. The second-order valence-electron chi connectivity index (χ2n) is 2.29. The van der Waals surface area contributed by atoms with Crippen LogP contribution in [-0.2, 0) is 4.74 Å². The molecule has 0 radical (unpaired) electrons. The third kappa shape index (κ3) is 1.85. The molecule has 13 heavy (non-hydrogen) atoms. The van der Waals surface area contributed by atoms with E-state index in [4.69, 9.17) is 0 Å². The number of nitro groups is 1. The van der Waals surface area contributed by atoms with Crippen LogP contribution in [0.3, 0.4) is 0 Å². The van der Waals surface area contributed by atoms with Gasteiger partial charge in [-0.2, -0.15) is 5.10 Å². The maximum absolute atomic E-state index is 11.0. The van der Waals surface area contributed by atoms with Gasteiger partial charge in [0, 0.05) is 0 Å². The van der Waals surface area contributed by atoms with Crippen molar-refractivity contribution in [2.24, 2.45) is 0 Å². The summed E-state index contributed by atoms with van der Waals surface area (Å²) in [5.74, 6) is -0.790. The molecule has 1 heterocycles. The van der Waals surface area contributed by atoms with Gasteiger partial charge >= 0.3 is 28.2 Å². The van der Waals surface area contributed by atoms with E-state index in [9.17, 15) is 14.9 Å². The number of esters is 1.